The number of non-ortho nitro benzene ring substituents is 1. The number of nitro benzene ring substituents is 1. The number of ether oxygens (including phenoxy) is 2. The Morgan fingerprint density at radius 1 is 1.00 bits per heavy atom. The molecule has 0 saturated carbocycles. The van der Waals surface area contributed by atoms with Crippen LogP contribution in [0.1, 0.15) is 0 Å². The molecule has 0 fully saturated rings. The maximum Gasteiger partial charge on any atom is 0.269 e. The van der Waals surface area contributed by atoms with E-state index in [1.54, 1.807) is 24.3 Å². The van der Waals surface area contributed by atoms with Gasteiger partial charge in [-0.15, -0.1) is 0 Å². The quantitative estimate of drug-likeness (QED) is 0.378. The zero-order valence-electron chi connectivity index (χ0n) is 10.7. The highest BCUT2D eigenvalue weighted by molar-refractivity contribution is 5.51. The maximum atomic E-state index is 10.5. The summed E-state index contributed by atoms with van der Waals surface area (Å²) in [6.07, 6.45) is 0. The van der Waals surface area contributed by atoms with Gasteiger partial charge >= 0.3 is 0 Å². The minimum atomic E-state index is -0.453. The van der Waals surface area contributed by atoms with E-state index >= 15 is 0 Å². The molecule has 104 valence electrons. The van der Waals surface area contributed by atoms with Crippen molar-refractivity contribution in [3.8, 4) is 11.5 Å². The molecule has 0 saturated heterocycles. The molecule has 0 bridgehead atoms. The van der Waals surface area contributed by atoms with Gasteiger partial charge in [0, 0.05) is 12.1 Å². The van der Waals surface area contributed by atoms with Crippen LogP contribution in [0.4, 0.5) is 11.4 Å². The summed E-state index contributed by atoms with van der Waals surface area (Å²) in [6.45, 7) is 0.664. The predicted molar refractivity (Wildman–Crippen MR) is 74.9 cm³/mol. The largest absolute Gasteiger partial charge is 0.490 e. The third kappa shape index (κ3) is 3.61. The standard InChI is InChI=1S/C14H14N2O4/c15-13-3-1-2-4-14(13)20-10-9-19-12-7-5-11(6-8-12)16(17)18/h1-8H,9-10,15H2. The van der Waals surface area contributed by atoms with Gasteiger partial charge in [0.2, 0.25) is 0 Å². The first kappa shape index (κ1) is 13.7. The monoisotopic (exact) mass is 274 g/mol. The van der Waals surface area contributed by atoms with Crippen molar-refractivity contribution in [2.24, 2.45) is 0 Å². The Labute approximate surface area is 115 Å². The molecule has 0 radical (unpaired) electrons. The van der Waals surface area contributed by atoms with Crippen molar-refractivity contribution >= 4 is 11.4 Å². The Hall–Kier alpha value is -2.76. The van der Waals surface area contributed by atoms with Crippen LogP contribution in [0.5, 0.6) is 11.5 Å². The van der Waals surface area contributed by atoms with Gasteiger partial charge in [-0.1, -0.05) is 12.1 Å². The fourth-order valence-corrected chi connectivity index (χ4v) is 1.59. The fraction of sp³-hybridized carbons (Fsp3) is 0.143. The van der Waals surface area contributed by atoms with Crippen LogP contribution in [-0.2, 0) is 0 Å². The molecular formula is C14H14N2O4. The van der Waals surface area contributed by atoms with Crippen molar-refractivity contribution < 1.29 is 14.4 Å². The molecule has 2 rings (SSSR count). The number of rotatable bonds is 6. The van der Waals surface area contributed by atoms with Crippen molar-refractivity contribution in [3.05, 3.63) is 58.6 Å². The predicted octanol–water partition coefficient (Wildman–Crippen LogP) is 2.63. The average molecular weight is 274 g/mol. The molecule has 0 aliphatic heterocycles. The first-order valence-corrected chi connectivity index (χ1v) is 6.01. The Balaban J connectivity index is 1.79. The molecule has 0 aliphatic carbocycles. The highest BCUT2D eigenvalue weighted by Crippen LogP contribution is 2.20. The maximum absolute atomic E-state index is 10.5. The molecule has 20 heavy (non-hydrogen) atoms. The summed E-state index contributed by atoms with van der Waals surface area (Å²) in [5.41, 5.74) is 6.33. The van der Waals surface area contributed by atoms with Gasteiger partial charge in [0.05, 0.1) is 10.6 Å². The van der Waals surface area contributed by atoms with Gasteiger partial charge in [-0.05, 0) is 24.3 Å². The van der Waals surface area contributed by atoms with Gasteiger partial charge in [-0.3, -0.25) is 10.1 Å². The number of nitrogen functional groups attached to an aromatic ring is 1. The Morgan fingerprint density at radius 2 is 1.65 bits per heavy atom. The molecule has 0 aliphatic rings. The first-order chi connectivity index (χ1) is 9.66. The molecule has 2 aromatic carbocycles. The summed E-state index contributed by atoms with van der Waals surface area (Å²) < 4.78 is 10.9. The van der Waals surface area contributed by atoms with Crippen molar-refractivity contribution in [2.45, 2.75) is 0 Å². The second kappa shape index (κ2) is 6.42. The zero-order chi connectivity index (χ0) is 14.4. The minimum Gasteiger partial charge on any atom is -0.490 e. The van der Waals surface area contributed by atoms with Crippen LogP contribution >= 0.6 is 0 Å². The summed E-state index contributed by atoms with van der Waals surface area (Å²) in [7, 11) is 0. The average Bonchev–Trinajstić information content (AvgIpc) is 2.46. The SMILES string of the molecule is Nc1ccccc1OCCOc1ccc([N+](=O)[O-])cc1. The lowest BCUT2D eigenvalue weighted by Gasteiger charge is -2.09. The van der Waals surface area contributed by atoms with Crippen LogP contribution < -0.4 is 15.2 Å². The molecule has 0 heterocycles. The van der Waals surface area contributed by atoms with Gasteiger partial charge in [0.1, 0.15) is 24.7 Å². The smallest absolute Gasteiger partial charge is 0.269 e. The number of hydrogen-bond acceptors (Lipinski definition) is 5. The summed E-state index contributed by atoms with van der Waals surface area (Å²) >= 11 is 0. The van der Waals surface area contributed by atoms with E-state index in [0.29, 0.717) is 30.4 Å². The lowest BCUT2D eigenvalue weighted by Crippen LogP contribution is -2.09. The number of nitrogens with zero attached hydrogens (tertiary/aromatic N) is 1. The van der Waals surface area contributed by atoms with Crippen molar-refractivity contribution in [1.29, 1.82) is 0 Å². The Morgan fingerprint density at radius 3 is 2.30 bits per heavy atom. The Kier molecular flexibility index (Phi) is 4.39. The summed E-state index contributed by atoms with van der Waals surface area (Å²) in [6, 6.07) is 13.1. The van der Waals surface area contributed by atoms with E-state index < -0.39 is 4.92 Å². The van der Waals surface area contributed by atoms with Crippen molar-refractivity contribution in [3.63, 3.8) is 0 Å². The number of benzene rings is 2. The van der Waals surface area contributed by atoms with E-state index in [1.807, 2.05) is 12.1 Å². The molecule has 0 unspecified atom stereocenters. The van der Waals surface area contributed by atoms with Crippen LogP contribution in [0.3, 0.4) is 0 Å². The molecule has 2 aromatic rings. The number of nitro groups is 1. The van der Waals surface area contributed by atoms with E-state index in [1.165, 1.54) is 12.1 Å². The van der Waals surface area contributed by atoms with Crippen LogP contribution in [0, 0.1) is 10.1 Å². The molecule has 2 N–H and O–H groups in total. The van der Waals surface area contributed by atoms with Gasteiger partial charge in [-0.25, -0.2) is 0 Å². The van der Waals surface area contributed by atoms with Crippen LogP contribution in [0.25, 0.3) is 0 Å². The topological polar surface area (TPSA) is 87.6 Å². The molecule has 0 spiro atoms. The molecule has 6 nitrogen and oxygen atoms in total. The third-order valence-electron chi connectivity index (χ3n) is 2.58. The van der Waals surface area contributed by atoms with Crippen LogP contribution in [-0.4, -0.2) is 18.1 Å². The van der Waals surface area contributed by atoms with Crippen molar-refractivity contribution in [1.82, 2.24) is 0 Å². The van der Waals surface area contributed by atoms with E-state index in [4.69, 9.17) is 15.2 Å². The number of nitrogens with two attached hydrogens (primary N) is 1. The fourth-order valence-electron chi connectivity index (χ4n) is 1.59. The first-order valence-electron chi connectivity index (χ1n) is 6.01. The second-order valence-corrected chi connectivity index (χ2v) is 3.99. The van der Waals surface area contributed by atoms with Gasteiger partial charge < -0.3 is 15.2 Å². The van der Waals surface area contributed by atoms with Gasteiger partial charge in [0.25, 0.3) is 5.69 Å². The zero-order valence-corrected chi connectivity index (χ0v) is 10.7. The van der Waals surface area contributed by atoms with E-state index in [2.05, 4.69) is 0 Å². The Bertz CT molecular complexity index is 584. The summed E-state index contributed by atoms with van der Waals surface area (Å²) in [4.78, 5) is 10.0. The lowest BCUT2D eigenvalue weighted by molar-refractivity contribution is -0.384. The minimum absolute atomic E-state index is 0.0330. The molecule has 0 amide bonds. The number of anilines is 1. The highest BCUT2D eigenvalue weighted by Gasteiger charge is 2.04. The summed E-state index contributed by atoms with van der Waals surface area (Å²) in [5.74, 6) is 1.17. The molecule has 6 heteroatoms. The summed E-state index contributed by atoms with van der Waals surface area (Å²) in [5, 5.41) is 10.5. The third-order valence-corrected chi connectivity index (χ3v) is 2.58. The highest BCUT2D eigenvalue weighted by atomic mass is 16.6. The lowest BCUT2D eigenvalue weighted by atomic mass is 10.3. The molecule has 0 atom stereocenters. The number of para-hydroxylation sites is 2. The van der Waals surface area contributed by atoms with Crippen LogP contribution in [0.2, 0.25) is 0 Å². The van der Waals surface area contributed by atoms with Crippen LogP contribution in [0.15, 0.2) is 48.5 Å². The van der Waals surface area contributed by atoms with Gasteiger partial charge in [0.15, 0.2) is 0 Å². The van der Waals surface area contributed by atoms with E-state index in [-0.39, 0.29) is 5.69 Å². The normalized spacial score (nSPS) is 10.0. The van der Waals surface area contributed by atoms with Gasteiger partial charge in [-0.2, -0.15) is 0 Å². The van der Waals surface area contributed by atoms with E-state index in [9.17, 15) is 10.1 Å². The van der Waals surface area contributed by atoms with E-state index in [0.717, 1.165) is 0 Å². The molecular weight excluding hydrogens is 260 g/mol. The van der Waals surface area contributed by atoms with Crippen molar-refractivity contribution in [2.75, 3.05) is 18.9 Å². The number of hydrogen-bond donors (Lipinski definition) is 1. The molecule has 0 aromatic heterocycles. The second-order valence-electron chi connectivity index (χ2n) is 3.99.